The van der Waals surface area contributed by atoms with Crippen molar-refractivity contribution in [3.8, 4) is 0 Å². The van der Waals surface area contributed by atoms with Crippen LogP contribution in [0.2, 0.25) is 0 Å². The summed E-state index contributed by atoms with van der Waals surface area (Å²) in [6, 6.07) is 7.60. The molecule has 0 spiro atoms. The molecule has 1 nitrogen and oxygen atoms in total. The second kappa shape index (κ2) is 6.34. The maximum absolute atomic E-state index is 3.72. The summed E-state index contributed by atoms with van der Waals surface area (Å²) in [6.07, 6.45) is 2.26. The van der Waals surface area contributed by atoms with E-state index in [0.717, 1.165) is 12.8 Å². The molecule has 0 aliphatic heterocycles. The summed E-state index contributed by atoms with van der Waals surface area (Å²) in [7, 11) is 0. The minimum Gasteiger partial charge on any atom is -0.306 e. The Hall–Kier alpha value is -0.640. The molecule has 0 amide bonds. The van der Waals surface area contributed by atoms with Crippen LogP contribution >= 0.6 is 22.7 Å². The predicted molar refractivity (Wildman–Crippen MR) is 78.0 cm³/mol. The van der Waals surface area contributed by atoms with E-state index in [1.807, 2.05) is 11.3 Å². The Morgan fingerprint density at radius 3 is 2.76 bits per heavy atom. The Balaban J connectivity index is 1.90. The fraction of sp³-hybridized carbons (Fsp3) is 0.429. The minimum atomic E-state index is 0.503. The molecule has 2 rings (SSSR count). The highest BCUT2D eigenvalue weighted by molar-refractivity contribution is 7.10. The third-order valence-corrected chi connectivity index (χ3v) is 4.62. The SMILES string of the molecule is CCC(NC(C)Cc1ccsc1)c1cccs1. The zero-order valence-corrected chi connectivity index (χ0v) is 12.0. The first-order valence-corrected chi connectivity index (χ1v) is 7.92. The quantitative estimate of drug-likeness (QED) is 0.812. The molecule has 2 unspecified atom stereocenters. The lowest BCUT2D eigenvalue weighted by Gasteiger charge is -2.21. The maximum Gasteiger partial charge on any atom is 0.0414 e. The van der Waals surface area contributed by atoms with E-state index in [1.165, 1.54) is 10.4 Å². The van der Waals surface area contributed by atoms with Crippen molar-refractivity contribution < 1.29 is 0 Å². The van der Waals surface area contributed by atoms with E-state index in [4.69, 9.17) is 0 Å². The Labute approximate surface area is 112 Å². The molecule has 2 atom stereocenters. The van der Waals surface area contributed by atoms with Crippen molar-refractivity contribution in [3.63, 3.8) is 0 Å². The number of rotatable bonds is 6. The molecule has 0 bridgehead atoms. The van der Waals surface area contributed by atoms with Gasteiger partial charge in [0, 0.05) is 17.0 Å². The second-order valence-electron chi connectivity index (χ2n) is 4.38. The first kappa shape index (κ1) is 12.8. The zero-order chi connectivity index (χ0) is 12.1. The van der Waals surface area contributed by atoms with Gasteiger partial charge in [-0.2, -0.15) is 11.3 Å². The first-order valence-electron chi connectivity index (χ1n) is 6.10. The summed E-state index contributed by atoms with van der Waals surface area (Å²) in [4.78, 5) is 1.45. The smallest absolute Gasteiger partial charge is 0.0414 e. The zero-order valence-electron chi connectivity index (χ0n) is 10.3. The van der Waals surface area contributed by atoms with Crippen LogP contribution < -0.4 is 5.32 Å². The van der Waals surface area contributed by atoms with E-state index in [-0.39, 0.29) is 0 Å². The fourth-order valence-corrected chi connectivity index (χ4v) is 3.61. The summed E-state index contributed by atoms with van der Waals surface area (Å²) in [5, 5.41) is 10.3. The van der Waals surface area contributed by atoms with E-state index in [0.29, 0.717) is 12.1 Å². The van der Waals surface area contributed by atoms with Gasteiger partial charge in [0.15, 0.2) is 0 Å². The maximum atomic E-state index is 3.72. The molecule has 0 radical (unpaired) electrons. The lowest BCUT2D eigenvalue weighted by atomic mass is 10.1. The first-order chi connectivity index (χ1) is 8.29. The Morgan fingerprint density at radius 2 is 2.18 bits per heavy atom. The average molecular weight is 265 g/mol. The summed E-state index contributed by atoms with van der Waals surface area (Å²) < 4.78 is 0. The highest BCUT2D eigenvalue weighted by Gasteiger charge is 2.13. The van der Waals surface area contributed by atoms with Gasteiger partial charge in [-0.1, -0.05) is 13.0 Å². The summed E-state index contributed by atoms with van der Waals surface area (Å²) in [5.41, 5.74) is 1.44. The van der Waals surface area contributed by atoms with Crippen molar-refractivity contribution in [1.82, 2.24) is 5.32 Å². The van der Waals surface area contributed by atoms with E-state index in [1.54, 1.807) is 11.3 Å². The molecule has 1 N–H and O–H groups in total. The Kier molecular flexibility index (Phi) is 4.77. The summed E-state index contributed by atoms with van der Waals surface area (Å²) in [5.74, 6) is 0. The van der Waals surface area contributed by atoms with Crippen LogP contribution in [0.15, 0.2) is 34.3 Å². The standard InChI is InChI=1S/C14H19NS2/c1-3-13(14-5-4-7-17-14)15-11(2)9-12-6-8-16-10-12/h4-8,10-11,13,15H,3,9H2,1-2H3. The fourth-order valence-electron chi connectivity index (χ4n) is 2.06. The van der Waals surface area contributed by atoms with Crippen LogP contribution in [0.1, 0.15) is 36.8 Å². The molecule has 17 heavy (non-hydrogen) atoms. The van der Waals surface area contributed by atoms with Crippen LogP contribution in [0.5, 0.6) is 0 Å². The van der Waals surface area contributed by atoms with E-state index in [2.05, 4.69) is 53.5 Å². The predicted octanol–water partition coefficient (Wildman–Crippen LogP) is 4.48. The van der Waals surface area contributed by atoms with Crippen LogP contribution in [0.25, 0.3) is 0 Å². The Morgan fingerprint density at radius 1 is 1.29 bits per heavy atom. The van der Waals surface area contributed by atoms with Gasteiger partial charge in [-0.05, 0) is 53.6 Å². The molecule has 0 aliphatic rings. The molecule has 3 heteroatoms. The monoisotopic (exact) mass is 265 g/mol. The number of thiophene rings is 2. The minimum absolute atomic E-state index is 0.503. The van der Waals surface area contributed by atoms with Gasteiger partial charge in [0.2, 0.25) is 0 Å². The molecule has 0 aromatic carbocycles. The number of hydrogen-bond donors (Lipinski definition) is 1. The molecule has 2 heterocycles. The molecular weight excluding hydrogens is 246 g/mol. The highest BCUT2D eigenvalue weighted by atomic mass is 32.1. The van der Waals surface area contributed by atoms with Crippen molar-refractivity contribution >= 4 is 22.7 Å². The average Bonchev–Trinajstić information content (AvgIpc) is 2.97. The second-order valence-corrected chi connectivity index (χ2v) is 6.14. The van der Waals surface area contributed by atoms with Gasteiger partial charge in [0.1, 0.15) is 0 Å². The van der Waals surface area contributed by atoms with E-state index in [9.17, 15) is 0 Å². The lowest BCUT2D eigenvalue weighted by molar-refractivity contribution is 0.449. The topological polar surface area (TPSA) is 12.0 Å². The van der Waals surface area contributed by atoms with Crippen LogP contribution in [0, 0.1) is 0 Å². The largest absolute Gasteiger partial charge is 0.306 e. The molecule has 2 aromatic heterocycles. The van der Waals surface area contributed by atoms with Gasteiger partial charge in [0.25, 0.3) is 0 Å². The molecule has 0 saturated heterocycles. The molecule has 0 fully saturated rings. The van der Waals surface area contributed by atoms with Crippen molar-refractivity contribution in [2.45, 2.75) is 38.8 Å². The third-order valence-electron chi connectivity index (χ3n) is 2.90. The summed E-state index contributed by atoms with van der Waals surface area (Å²) >= 11 is 3.62. The van der Waals surface area contributed by atoms with Crippen LogP contribution in [0.3, 0.4) is 0 Å². The van der Waals surface area contributed by atoms with E-state index < -0.39 is 0 Å². The Bertz CT molecular complexity index is 405. The van der Waals surface area contributed by atoms with Gasteiger partial charge >= 0.3 is 0 Å². The van der Waals surface area contributed by atoms with Gasteiger partial charge in [-0.3, -0.25) is 0 Å². The van der Waals surface area contributed by atoms with Crippen LogP contribution in [0.4, 0.5) is 0 Å². The van der Waals surface area contributed by atoms with Crippen LogP contribution in [-0.4, -0.2) is 6.04 Å². The van der Waals surface area contributed by atoms with Crippen molar-refractivity contribution in [1.29, 1.82) is 0 Å². The summed E-state index contributed by atoms with van der Waals surface area (Å²) in [6.45, 7) is 4.52. The number of hydrogen-bond acceptors (Lipinski definition) is 3. The molecule has 92 valence electrons. The molecule has 0 saturated carbocycles. The van der Waals surface area contributed by atoms with Gasteiger partial charge in [0.05, 0.1) is 0 Å². The van der Waals surface area contributed by atoms with Gasteiger partial charge < -0.3 is 5.32 Å². The normalized spacial score (nSPS) is 14.7. The third kappa shape index (κ3) is 3.66. The lowest BCUT2D eigenvalue weighted by Crippen LogP contribution is -2.31. The van der Waals surface area contributed by atoms with Gasteiger partial charge in [-0.15, -0.1) is 11.3 Å². The van der Waals surface area contributed by atoms with Crippen molar-refractivity contribution in [3.05, 3.63) is 44.8 Å². The molecular formula is C14H19NS2. The van der Waals surface area contributed by atoms with Crippen LogP contribution in [-0.2, 0) is 6.42 Å². The van der Waals surface area contributed by atoms with Crippen molar-refractivity contribution in [2.24, 2.45) is 0 Å². The van der Waals surface area contributed by atoms with Crippen molar-refractivity contribution in [2.75, 3.05) is 0 Å². The van der Waals surface area contributed by atoms with Gasteiger partial charge in [-0.25, -0.2) is 0 Å². The molecule has 2 aromatic rings. The van der Waals surface area contributed by atoms with E-state index >= 15 is 0 Å². The number of nitrogens with one attached hydrogen (secondary N) is 1. The highest BCUT2D eigenvalue weighted by Crippen LogP contribution is 2.22. The molecule has 0 aliphatic carbocycles.